The number of thioether (sulfide) groups is 1. The van der Waals surface area contributed by atoms with Crippen molar-refractivity contribution in [2.75, 3.05) is 11.1 Å². The monoisotopic (exact) mass is 415 g/mol. The van der Waals surface area contributed by atoms with Gasteiger partial charge in [-0.1, -0.05) is 34.4 Å². The van der Waals surface area contributed by atoms with E-state index < -0.39 is 5.25 Å². The number of rotatable bonds is 7. The Labute approximate surface area is 166 Å². The van der Waals surface area contributed by atoms with Crippen LogP contribution in [-0.2, 0) is 9.59 Å². The molecular formula is C17H19Cl2N3O3S. The zero-order valence-electron chi connectivity index (χ0n) is 14.5. The molecule has 1 aromatic heterocycles. The lowest BCUT2D eigenvalue weighted by molar-refractivity contribution is -0.119. The van der Waals surface area contributed by atoms with Crippen molar-refractivity contribution in [1.29, 1.82) is 0 Å². The minimum Gasteiger partial charge on any atom is -0.360 e. The van der Waals surface area contributed by atoms with E-state index in [4.69, 9.17) is 27.7 Å². The minimum atomic E-state index is -0.424. The van der Waals surface area contributed by atoms with Gasteiger partial charge in [0.2, 0.25) is 11.8 Å². The van der Waals surface area contributed by atoms with Gasteiger partial charge in [0.05, 0.1) is 17.0 Å². The molecule has 26 heavy (non-hydrogen) atoms. The first-order valence-corrected chi connectivity index (χ1v) is 9.67. The van der Waals surface area contributed by atoms with Gasteiger partial charge >= 0.3 is 0 Å². The van der Waals surface area contributed by atoms with Gasteiger partial charge in [0.15, 0.2) is 5.82 Å². The Kier molecular flexibility index (Phi) is 7.37. The number of amides is 2. The first-order valence-electron chi connectivity index (χ1n) is 7.86. The number of halogens is 2. The average Bonchev–Trinajstić information content (AvgIpc) is 2.97. The van der Waals surface area contributed by atoms with E-state index in [0.717, 1.165) is 5.56 Å². The first-order chi connectivity index (χ1) is 12.3. The third kappa shape index (κ3) is 5.93. The molecular weight excluding hydrogens is 397 g/mol. The second kappa shape index (κ2) is 9.30. The van der Waals surface area contributed by atoms with Crippen molar-refractivity contribution in [3.8, 4) is 0 Å². The predicted molar refractivity (Wildman–Crippen MR) is 105 cm³/mol. The van der Waals surface area contributed by atoms with E-state index in [1.165, 1.54) is 11.8 Å². The standard InChI is InChI=1S/C17H19Cl2N3O3S/c1-9-6-15(22-25-9)21-17(24)11(3)26-8-16(23)20-10(2)13-5-4-12(18)7-14(13)19/h4-7,10-11H,8H2,1-3H3,(H,20,23)(H,21,22,24). The molecule has 2 rings (SSSR count). The molecule has 0 bridgehead atoms. The molecule has 1 aromatic carbocycles. The Hall–Kier alpha value is -1.70. The van der Waals surface area contributed by atoms with Gasteiger partial charge < -0.3 is 15.2 Å². The molecule has 0 aliphatic heterocycles. The highest BCUT2D eigenvalue weighted by Gasteiger charge is 2.18. The number of aromatic nitrogens is 1. The number of benzene rings is 1. The maximum Gasteiger partial charge on any atom is 0.238 e. The fourth-order valence-electron chi connectivity index (χ4n) is 2.14. The third-order valence-corrected chi connectivity index (χ3v) is 5.22. The van der Waals surface area contributed by atoms with Crippen LogP contribution in [0.1, 0.15) is 31.2 Å². The molecule has 0 saturated carbocycles. The molecule has 140 valence electrons. The SMILES string of the molecule is Cc1cc(NC(=O)C(C)SCC(=O)NC(C)c2ccc(Cl)cc2Cl)no1. The highest BCUT2D eigenvalue weighted by Crippen LogP contribution is 2.26. The van der Waals surface area contributed by atoms with E-state index in [2.05, 4.69) is 15.8 Å². The number of aryl methyl sites for hydroxylation is 1. The smallest absolute Gasteiger partial charge is 0.238 e. The molecule has 0 aliphatic carbocycles. The zero-order valence-corrected chi connectivity index (χ0v) is 16.8. The summed E-state index contributed by atoms with van der Waals surface area (Å²) in [6.45, 7) is 5.29. The van der Waals surface area contributed by atoms with E-state index in [-0.39, 0.29) is 23.6 Å². The van der Waals surface area contributed by atoms with Crippen molar-refractivity contribution in [2.45, 2.75) is 32.1 Å². The molecule has 0 spiro atoms. The van der Waals surface area contributed by atoms with Crippen LogP contribution in [0.5, 0.6) is 0 Å². The summed E-state index contributed by atoms with van der Waals surface area (Å²) in [6, 6.07) is 6.49. The largest absolute Gasteiger partial charge is 0.360 e. The van der Waals surface area contributed by atoms with Gasteiger partial charge in [-0.25, -0.2) is 0 Å². The molecule has 2 aromatic rings. The minimum absolute atomic E-state index is 0.141. The number of nitrogens with one attached hydrogen (secondary N) is 2. The van der Waals surface area contributed by atoms with Crippen molar-refractivity contribution < 1.29 is 14.1 Å². The van der Waals surface area contributed by atoms with Gasteiger partial charge in [-0.3, -0.25) is 9.59 Å². The van der Waals surface area contributed by atoms with Crippen molar-refractivity contribution >= 4 is 52.6 Å². The summed E-state index contributed by atoms with van der Waals surface area (Å²) in [4.78, 5) is 24.2. The molecule has 0 saturated heterocycles. The Morgan fingerprint density at radius 3 is 2.62 bits per heavy atom. The summed E-state index contributed by atoms with van der Waals surface area (Å²) >= 11 is 13.3. The lowest BCUT2D eigenvalue weighted by Gasteiger charge is -2.16. The highest BCUT2D eigenvalue weighted by molar-refractivity contribution is 8.01. The van der Waals surface area contributed by atoms with Gasteiger partial charge in [-0.15, -0.1) is 11.8 Å². The van der Waals surface area contributed by atoms with Crippen LogP contribution in [0.15, 0.2) is 28.8 Å². The quantitative estimate of drug-likeness (QED) is 0.706. The number of hydrogen-bond acceptors (Lipinski definition) is 5. The van der Waals surface area contributed by atoms with E-state index in [1.807, 2.05) is 6.92 Å². The van der Waals surface area contributed by atoms with E-state index >= 15 is 0 Å². The van der Waals surface area contributed by atoms with Crippen LogP contribution in [0, 0.1) is 6.92 Å². The Bertz CT molecular complexity index is 797. The van der Waals surface area contributed by atoms with E-state index in [0.29, 0.717) is 21.6 Å². The summed E-state index contributed by atoms with van der Waals surface area (Å²) in [5, 5.41) is 9.81. The van der Waals surface area contributed by atoms with Crippen molar-refractivity contribution in [3.05, 3.63) is 45.6 Å². The fourth-order valence-corrected chi connectivity index (χ4v) is 3.41. The maximum absolute atomic E-state index is 12.1. The fraction of sp³-hybridized carbons (Fsp3) is 0.353. The maximum atomic E-state index is 12.1. The average molecular weight is 416 g/mol. The number of nitrogens with zero attached hydrogens (tertiary/aromatic N) is 1. The highest BCUT2D eigenvalue weighted by atomic mass is 35.5. The van der Waals surface area contributed by atoms with Crippen LogP contribution in [0.2, 0.25) is 10.0 Å². The van der Waals surface area contributed by atoms with Gasteiger partial charge in [-0.05, 0) is 38.5 Å². The summed E-state index contributed by atoms with van der Waals surface area (Å²) in [5.74, 6) is 0.669. The number of carbonyl (C=O) groups excluding carboxylic acids is 2. The zero-order chi connectivity index (χ0) is 19.3. The number of hydrogen-bond donors (Lipinski definition) is 2. The predicted octanol–water partition coefficient (Wildman–Crippen LogP) is 4.23. The van der Waals surface area contributed by atoms with Crippen LogP contribution < -0.4 is 10.6 Å². The normalized spacial score (nSPS) is 13.1. The van der Waals surface area contributed by atoms with Crippen LogP contribution >= 0.6 is 35.0 Å². The molecule has 0 fully saturated rings. The molecule has 2 amide bonds. The second-order valence-electron chi connectivity index (χ2n) is 5.72. The first kappa shape index (κ1) is 20.6. The summed E-state index contributed by atoms with van der Waals surface area (Å²) in [6.07, 6.45) is 0. The lowest BCUT2D eigenvalue weighted by Crippen LogP contribution is -2.30. The van der Waals surface area contributed by atoms with Gasteiger partial charge in [0.25, 0.3) is 0 Å². The topological polar surface area (TPSA) is 84.2 Å². The molecule has 6 nitrogen and oxygen atoms in total. The lowest BCUT2D eigenvalue weighted by atomic mass is 10.1. The molecule has 0 aliphatic rings. The Morgan fingerprint density at radius 1 is 1.27 bits per heavy atom. The second-order valence-corrected chi connectivity index (χ2v) is 7.89. The number of carbonyl (C=O) groups is 2. The van der Waals surface area contributed by atoms with E-state index in [9.17, 15) is 9.59 Å². The van der Waals surface area contributed by atoms with Crippen LogP contribution in [-0.4, -0.2) is 28.0 Å². The molecule has 0 radical (unpaired) electrons. The summed E-state index contributed by atoms with van der Waals surface area (Å²) in [7, 11) is 0. The van der Waals surface area contributed by atoms with Crippen molar-refractivity contribution in [2.24, 2.45) is 0 Å². The molecule has 9 heteroatoms. The number of anilines is 1. The summed E-state index contributed by atoms with van der Waals surface area (Å²) in [5.41, 5.74) is 0.779. The Balaban J connectivity index is 1.80. The molecule has 2 unspecified atom stereocenters. The van der Waals surface area contributed by atoms with Crippen LogP contribution in [0.25, 0.3) is 0 Å². The van der Waals surface area contributed by atoms with Crippen molar-refractivity contribution in [1.82, 2.24) is 10.5 Å². The van der Waals surface area contributed by atoms with Crippen LogP contribution in [0.3, 0.4) is 0 Å². The summed E-state index contributed by atoms with van der Waals surface area (Å²) < 4.78 is 4.89. The van der Waals surface area contributed by atoms with Crippen LogP contribution in [0.4, 0.5) is 5.82 Å². The van der Waals surface area contributed by atoms with Gasteiger partial charge in [-0.2, -0.15) is 0 Å². The third-order valence-electron chi connectivity index (χ3n) is 3.52. The van der Waals surface area contributed by atoms with Crippen molar-refractivity contribution in [3.63, 3.8) is 0 Å². The Morgan fingerprint density at radius 2 is 2.00 bits per heavy atom. The van der Waals surface area contributed by atoms with Gasteiger partial charge in [0.1, 0.15) is 5.76 Å². The molecule has 2 atom stereocenters. The molecule has 1 heterocycles. The van der Waals surface area contributed by atoms with E-state index in [1.54, 1.807) is 38.1 Å². The molecule has 2 N–H and O–H groups in total. The van der Waals surface area contributed by atoms with Gasteiger partial charge in [0, 0.05) is 16.1 Å².